The van der Waals surface area contributed by atoms with Crippen LogP contribution in [0.2, 0.25) is 0 Å². The topological polar surface area (TPSA) is 99.2 Å². The van der Waals surface area contributed by atoms with Gasteiger partial charge in [-0.05, 0) is 59.3 Å². The number of fused-ring (bicyclic) bond motifs is 1. The van der Waals surface area contributed by atoms with Gasteiger partial charge in [0.1, 0.15) is 18.1 Å². The summed E-state index contributed by atoms with van der Waals surface area (Å²) in [5.41, 5.74) is 0.857. The Balaban J connectivity index is 2.09. The fourth-order valence-electron chi connectivity index (χ4n) is 3.51. The van der Waals surface area contributed by atoms with Crippen LogP contribution in [0.15, 0.2) is 36.7 Å². The summed E-state index contributed by atoms with van der Waals surface area (Å²) in [6.07, 6.45) is 2.92. The van der Waals surface area contributed by atoms with Crippen LogP contribution in [-0.2, 0) is 26.6 Å². The predicted molar refractivity (Wildman–Crippen MR) is 135 cm³/mol. The van der Waals surface area contributed by atoms with E-state index < -0.39 is 11.2 Å². The van der Waals surface area contributed by atoms with Gasteiger partial charge in [-0.1, -0.05) is 36.2 Å². The number of aliphatic hydroxyl groups is 1. The minimum atomic E-state index is -0.456. The van der Waals surface area contributed by atoms with Crippen molar-refractivity contribution >= 4 is 43.0 Å². The van der Waals surface area contributed by atoms with Crippen LogP contribution >= 0.6 is 31.9 Å². The Morgan fingerprint density at radius 1 is 1.09 bits per heavy atom. The van der Waals surface area contributed by atoms with E-state index in [9.17, 15) is 9.59 Å². The van der Waals surface area contributed by atoms with E-state index in [-0.39, 0.29) is 30.3 Å². The van der Waals surface area contributed by atoms with Crippen molar-refractivity contribution in [3.63, 3.8) is 0 Å². The molecule has 1 aromatic carbocycles. The summed E-state index contributed by atoms with van der Waals surface area (Å²) in [5.74, 6) is 0.830. The summed E-state index contributed by atoms with van der Waals surface area (Å²) >= 11 is 6.93. The van der Waals surface area contributed by atoms with Crippen molar-refractivity contribution in [2.24, 2.45) is 13.0 Å². The summed E-state index contributed by atoms with van der Waals surface area (Å²) in [4.78, 5) is 35.1. The molecule has 0 aliphatic carbocycles. The number of aryl methyl sites for hydroxylation is 1. The van der Waals surface area contributed by atoms with E-state index >= 15 is 0 Å². The summed E-state index contributed by atoms with van der Waals surface area (Å²) in [6.45, 7) is 4.71. The third-order valence-electron chi connectivity index (χ3n) is 5.19. The van der Waals surface area contributed by atoms with E-state index in [4.69, 9.17) is 14.8 Å². The zero-order chi connectivity index (χ0) is 24.1. The Hall–Kier alpha value is -2.04. The smallest absolute Gasteiger partial charge is 0.332 e. The Labute approximate surface area is 208 Å². The molecule has 2 aromatic heterocycles. The molecule has 0 unspecified atom stereocenters. The van der Waals surface area contributed by atoms with Crippen LogP contribution in [0.1, 0.15) is 44.5 Å². The van der Waals surface area contributed by atoms with Crippen molar-refractivity contribution < 1.29 is 9.84 Å². The number of aromatic nitrogens is 4. The van der Waals surface area contributed by atoms with Crippen molar-refractivity contribution in [1.82, 2.24) is 19.1 Å². The highest BCUT2D eigenvalue weighted by molar-refractivity contribution is 9.11. The van der Waals surface area contributed by atoms with Gasteiger partial charge in [-0.25, -0.2) is 14.8 Å². The zero-order valence-corrected chi connectivity index (χ0v) is 22.1. The second-order valence-electron chi connectivity index (χ2n) is 8.34. The average molecular weight is 584 g/mol. The van der Waals surface area contributed by atoms with Crippen LogP contribution in [0, 0.1) is 5.92 Å². The largest absolute Gasteiger partial charge is 0.486 e. The number of ether oxygens (including phenoxy) is 1. The highest BCUT2D eigenvalue weighted by Crippen LogP contribution is 2.29. The second-order valence-corrected chi connectivity index (χ2v) is 10.1. The molecule has 1 N–H and O–H groups in total. The Morgan fingerprint density at radius 2 is 1.85 bits per heavy atom. The fourth-order valence-corrected chi connectivity index (χ4v) is 4.67. The molecule has 0 saturated heterocycles. The van der Waals surface area contributed by atoms with Crippen LogP contribution in [0.5, 0.6) is 5.75 Å². The van der Waals surface area contributed by atoms with Crippen molar-refractivity contribution in [2.75, 3.05) is 6.61 Å². The lowest BCUT2D eigenvalue weighted by molar-refractivity contribution is 0.282. The van der Waals surface area contributed by atoms with Crippen LogP contribution < -0.4 is 16.0 Å². The van der Waals surface area contributed by atoms with Gasteiger partial charge in [-0.2, -0.15) is 0 Å². The molecule has 33 heavy (non-hydrogen) atoms. The van der Waals surface area contributed by atoms with Gasteiger partial charge < -0.3 is 9.84 Å². The van der Waals surface area contributed by atoms with Crippen molar-refractivity contribution in [3.8, 4) is 5.75 Å². The monoisotopic (exact) mass is 582 g/mol. The number of hydrogen-bond acceptors (Lipinski definition) is 6. The number of hydrogen-bond donors (Lipinski definition) is 1. The minimum Gasteiger partial charge on any atom is -0.486 e. The van der Waals surface area contributed by atoms with Crippen molar-refractivity contribution in [2.45, 2.75) is 52.7 Å². The highest BCUT2D eigenvalue weighted by atomic mass is 79.9. The van der Waals surface area contributed by atoms with Gasteiger partial charge in [-0.15, -0.1) is 0 Å². The first-order valence-electron chi connectivity index (χ1n) is 10.9. The van der Waals surface area contributed by atoms with Gasteiger partial charge in [0.2, 0.25) is 0 Å². The maximum atomic E-state index is 12.9. The number of halogens is 2. The van der Waals surface area contributed by atoms with Crippen LogP contribution in [0.3, 0.4) is 0 Å². The van der Waals surface area contributed by atoms with Gasteiger partial charge in [0.15, 0.2) is 11.2 Å². The molecule has 0 aliphatic heterocycles. The number of rotatable bonds is 10. The summed E-state index contributed by atoms with van der Waals surface area (Å²) in [7, 11) is 1.46. The average Bonchev–Trinajstić information content (AvgIpc) is 2.77. The molecule has 0 saturated carbocycles. The molecule has 0 aliphatic rings. The van der Waals surface area contributed by atoms with Crippen molar-refractivity contribution in [3.05, 3.63) is 59.4 Å². The summed E-state index contributed by atoms with van der Waals surface area (Å²) in [5, 5.41) is 9.08. The van der Waals surface area contributed by atoms with E-state index in [1.54, 1.807) is 0 Å². The fraction of sp³-hybridized carbons (Fsp3) is 0.478. The Bertz CT molecular complexity index is 1250. The minimum absolute atomic E-state index is 0.138. The molecule has 8 nitrogen and oxygen atoms in total. The molecule has 0 amide bonds. The van der Waals surface area contributed by atoms with Gasteiger partial charge in [-0.3, -0.25) is 13.9 Å². The van der Waals surface area contributed by atoms with Crippen LogP contribution in [0.4, 0.5) is 0 Å². The van der Waals surface area contributed by atoms with E-state index in [0.29, 0.717) is 36.5 Å². The third kappa shape index (κ3) is 6.10. The summed E-state index contributed by atoms with van der Waals surface area (Å²) < 4.78 is 10.3. The summed E-state index contributed by atoms with van der Waals surface area (Å²) in [6, 6.07) is 5.61. The standard InChI is InChI=1S/C23H28Br2N4O4/c1-14(2)12-29-21-20(22(31)28(3)23(29)32)26-17(7-5-4-6-10-30)18(27-21)13-33-19-9-8-15(24)11-16(19)25/h8-9,11,14,30H,4-7,10,12-13H2,1-3H3. The first-order valence-corrected chi connectivity index (χ1v) is 12.5. The first-order chi connectivity index (χ1) is 15.7. The van der Waals surface area contributed by atoms with Crippen molar-refractivity contribution in [1.29, 1.82) is 0 Å². The SMILES string of the molecule is CC(C)Cn1c(=O)n(C)c(=O)c2nc(CCCCCO)c(COc3ccc(Br)cc3Br)nc21. The number of nitrogens with zero attached hydrogens (tertiary/aromatic N) is 4. The second kappa shape index (κ2) is 11.4. The molecule has 2 heterocycles. The van der Waals surface area contributed by atoms with E-state index in [0.717, 1.165) is 26.4 Å². The van der Waals surface area contributed by atoms with E-state index in [2.05, 4.69) is 36.8 Å². The molecule has 0 radical (unpaired) electrons. The zero-order valence-electron chi connectivity index (χ0n) is 19.0. The molecular weight excluding hydrogens is 556 g/mol. The first kappa shape index (κ1) is 25.6. The number of benzene rings is 1. The molecule has 0 spiro atoms. The molecule has 3 rings (SSSR count). The van der Waals surface area contributed by atoms with Gasteiger partial charge in [0.05, 0.1) is 10.2 Å². The van der Waals surface area contributed by atoms with Crippen LogP contribution in [0.25, 0.3) is 11.2 Å². The van der Waals surface area contributed by atoms with Gasteiger partial charge >= 0.3 is 5.69 Å². The molecule has 10 heteroatoms. The van der Waals surface area contributed by atoms with E-state index in [1.165, 1.54) is 11.6 Å². The van der Waals surface area contributed by atoms with Crippen LogP contribution in [-0.4, -0.2) is 30.8 Å². The molecule has 178 valence electrons. The lowest BCUT2D eigenvalue weighted by atomic mass is 10.1. The maximum absolute atomic E-state index is 12.9. The third-order valence-corrected chi connectivity index (χ3v) is 6.30. The highest BCUT2D eigenvalue weighted by Gasteiger charge is 2.19. The Kier molecular flexibility index (Phi) is 8.83. The van der Waals surface area contributed by atoms with Gasteiger partial charge in [0.25, 0.3) is 5.56 Å². The van der Waals surface area contributed by atoms with Gasteiger partial charge in [0, 0.05) is 24.7 Å². The molecule has 0 bridgehead atoms. The molecular formula is C23H28Br2N4O4. The quantitative estimate of drug-likeness (QED) is 0.363. The van der Waals surface area contributed by atoms with E-state index in [1.807, 2.05) is 32.0 Å². The number of aliphatic hydroxyl groups excluding tert-OH is 1. The predicted octanol–water partition coefficient (Wildman–Crippen LogP) is 3.96. The lowest BCUT2D eigenvalue weighted by Crippen LogP contribution is -2.40. The molecule has 0 fully saturated rings. The Morgan fingerprint density at radius 3 is 2.52 bits per heavy atom. The molecule has 3 aromatic rings. The maximum Gasteiger partial charge on any atom is 0.332 e. The number of unbranched alkanes of at least 4 members (excludes halogenated alkanes) is 2. The normalized spacial score (nSPS) is 11.5. The molecule has 0 atom stereocenters. The lowest BCUT2D eigenvalue weighted by Gasteiger charge is -2.16.